The van der Waals surface area contributed by atoms with Crippen LogP contribution in [0, 0.1) is 13.8 Å². The Morgan fingerprint density at radius 3 is 2.77 bits per heavy atom. The highest BCUT2D eigenvalue weighted by molar-refractivity contribution is 5.25. The molecule has 1 aromatic rings. The Bertz CT molecular complexity index is 305. The van der Waals surface area contributed by atoms with Crippen molar-refractivity contribution in [2.24, 2.45) is 5.73 Å². The van der Waals surface area contributed by atoms with Crippen LogP contribution in [-0.2, 0) is 0 Å². The smallest absolute Gasteiger partial charge is 0.0423 e. The number of nitrogens with zero attached hydrogens (tertiary/aromatic N) is 1. The van der Waals surface area contributed by atoms with Crippen LogP contribution in [0.15, 0.2) is 24.8 Å². The van der Waals surface area contributed by atoms with Crippen LogP contribution >= 0.6 is 0 Å². The zero-order valence-corrected chi connectivity index (χ0v) is 8.25. The number of aromatic nitrogens is 1. The van der Waals surface area contributed by atoms with Crippen LogP contribution in [0.4, 0.5) is 0 Å². The zero-order chi connectivity index (χ0) is 9.84. The summed E-state index contributed by atoms with van der Waals surface area (Å²) in [6, 6.07) is 4.07. The van der Waals surface area contributed by atoms with E-state index in [1.807, 2.05) is 32.1 Å². The van der Waals surface area contributed by atoms with Gasteiger partial charge in [-0.05, 0) is 31.9 Å². The number of nitrogens with two attached hydrogens (primary N) is 1. The van der Waals surface area contributed by atoms with Crippen LogP contribution in [0.1, 0.15) is 29.4 Å². The van der Waals surface area contributed by atoms with E-state index in [2.05, 4.69) is 11.6 Å². The van der Waals surface area contributed by atoms with Crippen LogP contribution in [0.5, 0.6) is 0 Å². The standard InChI is InChI=1S/C11H16N2/c1-4-5-11(12)10-7-6-8(2)13-9(10)3/h4,6-7,11H,1,5,12H2,2-3H3. The van der Waals surface area contributed by atoms with Gasteiger partial charge in [0.2, 0.25) is 0 Å². The highest BCUT2D eigenvalue weighted by Crippen LogP contribution is 2.17. The Morgan fingerprint density at radius 2 is 2.23 bits per heavy atom. The summed E-state index contributed by atoms with van der Waals surface area (Å²) in [5, 5.41) is 0. The Balaban J connectivity index is 2.94. The van der Waals surface area contributed by atoms with Crippen LogP contribution < -0.4 is 5.73 Å². The fourth-order valence-corrected chi connectivity index (χ4v) is 1.40. The number of pyridine rings is 1. The van der Waals surface area contributed by atoms with Gasteiger partial charge in [-0.1, -0.05) is 12.1 Å². The van der Waals surface area contributed by atoms with Gasteiger partial charge in [-0.3, -0.25) is 4.98 Å². The number of hydrogen-bond acceptors (Lipinski definition) is 2. The third-order valence-corrected chi connectivity index (χ3v) is 2.09. The lowest BCUT2D eigenvalue weighted by Gasteiger charge is -2.12. The maximum Gasteiger partial charge on any atom is 0.0423 e. The summed E-state index contributed by atoms with van der Waals surface area (Å²) in [5.41, 5.74) is 9.12. The summed E-state index contributed by atoms with van der Waals surface area (Å²) >= 11 is 0. The molecule has 0 saturated heterocycles. The predicted octanol–water partition coefficient (Wildman–Crippen LogP) is 2.27. The maximum atomic E-state index is 5.95. The van der Waals surface area contributed by atoms with Crippen molar-refractivity contribution >= 4 is 0 Å². The van der Waals surface area contributed by atoms with Crippen LogP contribution in [0.25, 0.3) is 0 Å². The van der Waals surface area contributed by atoms with Crippen LogP contribution in [0.2, 0.25) is 0 Å². The Morgan fingerprint density at radius 1 is 1.54 bits per heavy atom. The van der Waals surface area contributed by atoms with E-state index in [0.29, 0.717) is 0 Å². The van der Waals surface area contributed by atoms with Crippen molar-refractivity contribution in [3.05, 3.63) is 41.7 Å². The van der Waals surface area contributed by atoms with E-state index in [9.17, 15) is 0 Å². The molecule has 0 aromatic carbocycles. The Labute approximate surface area is 79.5 Å². The molecule has 2 nitrogen and oxygen atoms in total. The van der Waals surface area contributed by atoms with E-state index >= 15 is 0 Å². The molecular formula is C11H16N2. The highest BCUT2D eigenvalue weighted by atomic mass is 14.7. The first-order valence-electron chi connectivity index (χ1n) is 4.45. The molecular weight excluding hydrogens is 160 g/mol. The van der Waals surface area contributed by atoms with Crippen molar-refractivity contribution in [3.8, 4) is 0 Å². The first-order valence-corrected chi connectivity index (χ1v) is 4.45. The van der Waals surface area contributed by atoms with E-state index in [1.165, 1.54) is 0 Å². The molecule has 0 aliphatic rings. The lowest BCUT2D eigenvalue weighted by atomic mass is 10.0. The molecule has 1 unspecified atom stereocenters. The van der Waals surface area contributed by atoms with Crippen molar-refractivity contribution in [2.45, 2.75) is 26.3 Å². The molecule has 0 aliphatic heterocycles. The minimum atomic E-state index is 0.0330. The Hall–Kier alpha value is -1.15. The molecule has 0 amide bonds. The largest absolute Gasteiger partial charge is 0.324 e. The third kappa shape index (κ3) is 2.39. The van der Waals surface area contributed by atoms with Crippen molar-refractivity contribution < 1.29 is 0 Å². The van der Waals surface area contributed by atoms with Gasteiger partial charge < -0.3 is 5.73 Å². The molecule has 1 aromatic heterocycles. The topological polar surface area (TPSA) is 38.9 Å². The molecule has 1 atom stereocenters. The van der Waals surface area contributed by atoms with Crippen molar-refractivity contribution in [2.75, 3.05) is 0 Å². The molecule has 0 bridgehead atoms. The van der Waals surface area contributed by atoms with Gasteiger partial charge in [0, 0.05) is 17.4 Å². The van der Waals surface area contributed by atoms with Crippen molar-refractivity contribution in [3.63, 3.8) is 0 Å². The minimum absolute atomic E-state index is 0.0330. The van der Waals surface area contributed by atoms with Gasteiger partial charge in [0.1, 0.15) is 0 Å². The van der Waals surface area contributed by atoms with Crippen LogP contribution in [-0.4, -0.2) is 4.98 Å². The van der Waals surface area contributed by atoms with E-state index in [0.717, 1.165) is 23.4 Å². The zero-order valence-electron chi connectivity index (χ0n) is 8.25. The summed E-state index contributed by atoms with van der Waals surface area (Å²) in [5.74, 6) is 0. The molecule has 0 saturated carbocycles. The fraction of sp³-hybridized carbons (Fsp3) is 0.364. The average molecular weight is 176 g/mol. The summed E-state index contributed by atoms with van der Waals surface area (Å²) in [6.45, 7) is 7.65. The van der Waals surface area contributed by atoms with E-state index in [-0.39, 0.29) is 6.04 Å². The predicted molar refractivity (Wildman–Crippen MR) is 55.5 cm³/mol. The van der Waals surface area contributed by atoms with Crippen LogP contribution in [0.3, 0.4) is 0 Å². The molecule has 2 N–H and O–H groups in total. The number of aryl methyl sites for hydroxylation is 2. The molecule has 1 rings (SSSR count). The van der Waals surface area contributed by atoms with Gasteiger partial charge in [0.05, 0.1) is 0 Å². The van der Waals surface area contributed by atoms with Gasteiger partial charge >= 0.3 is 0 Å². The first kappa shape index (κ1) is 9.93. The third-order valence-electron chi connectivity index (χ3n) is 2.09. The highest BCUT2D eigenvalue weighted by Gasteiger charge is 2.07. The molecule has 2 heteroatoms. The summed E-state index contributed by atoms with van der Waals surface area (Å²) in [7, 11) is 0. The van der Waals surface area contributed by atoms with E-state index in [1.54, 1.807) is 0 Å². The Kier molecular flexibility index (Phi) is 3.20. The van der Waals surface area contributed by atoms with Gasteiger partial charge in [-0.15, -0.1) is 6.58 Å². The molecule has 1 heterocycles. The lowest BCUT2D eigenvalue weighted by Crippen LogP contribution is -2.11. The van der Waals surface area contributed by atoms with E-state index in [4.69, 9.17) is 5.73 Å². The molecule has 0 spiro atoms. The first-order chi connectivity index (χ1) is 6.15. The monoisotopic (exact) mass is 176 g/mol. The van der Waals surface area contributed by atoms with Gasteiger partial charge in [-0.25, -0.2) is 0 Å². The lowest BCUT2D eigenvalue weighted by molar-refractivity contribution is 0.728. The fourth-order valence-electron chi connectivity index (χ4n) is 1.40. The SMILES string of the molecule is C=CCC(N)c1ccc(C)nc1C. The summed E-state index contributed by atoms with van der Waals surface area (Å²) < 4.78 is 0. The van der Waals surface area contributed by atoms with E-state index < -0.39 is 0 Å². The summed E-state index contributed by atoms with van der Waals surface area (Å²) in [6.07, 6.45) is 2.63. The number of rotatable bonds is 3. The second kappa shape index (κ2) is 4.19. The molecule has 0 fully saturated rings. The quantitative estimate of drug-likeness (QED) is 0.717. The second-order valence-electron chi connectivity index (χ2n) is 3.26. The van der Waals surface area contributed by atoms with Gasteiger partial charge in [-0.2, -0.15) is 0 Å². The van der Waals surface area contributed by atoms with Gasteiger partial charge in [0.15, 0.2) is 0 Å². The minimum Gasteiger partial charge on any atom is -0.324 e. The van der Waals surface area contributed by atoms with Crippen molar-refractivity contribution in [1.82, 2.24) is 4.98 Å². The molecule has 70 valence electrons. The van der Waals surface area contributed by atoms with Gasteiger partial charge in [0.25, 0.3) is 0 Å². The average Bonchev–Trinajstić information content (AvgIpc) is 2.04. The summed E-state index contributed by atoms with van der Waals surface area (Å²) in [4.78, 5) is 4.36. The molecule has 0 radical (unpaired) electrons. The molecule has 13 heavy (non-hydrogen) atoms. The second-order valence-corrected chi connectivity index (χ2v) is 3.26. The normalized spacial score (nSPS) is 12.5. The molecule has 0 aliphatic carbocycles. The number of hydrogen-bond donors (Lipinski definition) is 1. The maximum absolute atomic E-state index is 5.95. The van der Waals surface area contributed by atoms with Crippen molar-refractivity contribution in [1.29, 1.82) is 0 Å².